The normalized spacial score (nSPS) is 20.6. The molecule has 2 rings (SSSR count). The lowest BCUT2D eigenvalue weighted by atomic mass is 10.0. The van der Waals surface area contributed by atoms with Crippen LogP contribution in [0.4, 0.5) is 0 Å². The molecule has 0 bridgehead atoms. The molecule has 0 aliphatic carbocycles. The Kier molecular flexibility index (Phi) is 4.65. The van der Waals surface area contributed by atoms with Gasteiger partial charge in [0.1, 0.15) is 5.75 Å². The third kappa shape index (κ3) is 3.96. The minimum Gasteiger partial charge on any atom is -0.496 e. The Morgan fingerprint density at radius 1 is 1.40 bits per heavy atom. The van der Waals surface area contributed by atoms with Crippen molar-refractivity contribution in [2.24, 2.45) is 5.92 Å². The van der Waals surface area contributed by atoms with E-state index in [2.05, 4.69) is 5.32 Å². The number of methoxy groups -OCH3 is 1. The third-order valence-electron chi connectivity index (χ3n) is 3.47. The van der Waals surface area contributed by atoms with Gasteiger partial charge in [0.15, 0.2) is 9.84 Å². The van der Waals surface area contributed by atoms with Crippen LogP contribution in [0.25, 0.3) is 0 Å². The van der Waals surface area contributed by atoms with Gasteiger partial charge in [-0.15, -0.1) is 0 Å². The van der Waals surface area contributed by atoms with Gasteiger partial charge in [0.25, 0.3) is 0 Å². The number of sulfone groups is 1. The number of para-hydroxylation sites is 1. The first-order chi connectivity index (χ1) is 9.50. The molecule has 1 fully saturated rings. The smallest absolute Gasteiger partial charge is 0.220 e. The summed E-state index contributed by atoms with van der Waals surface area (Å²) in [6.45, 7) is 0.391. The van der Waals surface area contributed by atoms with Crippen LogP contribution in [0.5, 0.6) is 5.75 Å². The monoisotopic (exact) mass is 297 g/mol. The molecule has 20 heavy (non-hydrogen) atoms. The summed E-state index contributed by atoms with van der Waals surface area (Å²) in [5.74, 6) is 0.916. The summed E-state index contributed by atoms with van der Waals surface area (Å²) >= 11 is 0. The molecule has 1 aromatic rings. The van der Waals surface area contributed by atoms with Gasteiger partial charge in [0.2, 0.25) is 5.91 Å². The summed E-state index contributed by atoms with van der Waals surface area (Å²) < 4.78 is 27.9. The van der Waals surface area contributed by atoms with Crippen molar-refractivity contribution in [3.05, 3.63) is 29.8 Å². The van der Waals surface area contributed by atoms with Crippen LogP contribution in [0.15, 0.2) is 24.3 Å². The fourth-order valence-corrected chi connectivity index (χ4v) is 4.27. The molecule has 1 aromatic carbocycles. The first kappa shape index (κ1) is 14.8. The summed E-state index contributed by atoms with van der Waals surface area (Å²) in [6, 6.07) is 7.48. The predicted molar refractivity (Wildman–Crippen MR) is 76.2 cm³/mol. The Hall–Kier alpha value is -1.56. The summed E-state index contributed by atoms with van der Waals surface area (Å²) in [4.78, 5) is 11.8. The zero-order valence-electron chi connectivity index (χ0n) is 11.5. The maximum absolute atomic E-state index is 11.8. The van der Waals surface area contributed by atoms with E-state index in [-0.39, 0.29) is 29.8 Å². The molecule has 1 N–H and O–H groups in total. The second-order valence-corrected chi connectivity index (χ2v) is 7.29. The van der Waals surface area contributed by atoms with Crippen LogP contribution in [0.2, 0.25) is 0 Å². The first-order valence-electron chi connectivity index (χ1n) is 6.59. The zero-order valence-corrected chi connectivity index (χ0v) is 12.3. The van der Waals surface area contributed by atoms with Crippen LogP contribution >= 0.6 is 0 Å². The van der Waals surface area contributed by atoms with Gasteiger partial charge < -0.3 is 10.1 Å². The lowest BCUT2D eigenvalue weighted by Gasteiger charge is -2.11. The van der Waals surface area contributed by atoms with E-state index < -0.39 is 9.84 Å². The van der Waals surface area contributed by atoms with Gasteiger partial charge in [0.05, 0.1) is 18.6 Å². The largest absolute Gasteiger partial charge is 0.496 e. The Bertz CT molecular complexity index is 583. The molecule has 0 saturated carbocycles. The van der Waals surface area contributed by atoms with Gasteiger partial charge in [-0.1, -0.05) is 18.2 Å². The molecule has 0 unspecified atom stereocenters. The van der Waals surface area contributed by atoms with Crippen molar-refractivity contribution in [3.63, 3.8) is 0 Å². The van der Waals surface area contributed by atoms with E-state index in [0.29, 0.717) is 13.0 Å². The number of carbonyl (C=O) groups excluding carboxylic acids is 1. The summed E-state index contributed by atoms with van der Waals surface area (Å²) in [5, 5.41) is 2.81. The lowest BCUT2D eigenvalue weighted by molar-refractivity contribution is -0.122. The molecule has 1 aliphatic rings. The molecule has 1 saturated heterocycles. The van der Waals surface area contributed by atoms with E-state index in [1.807, 2.05) is 24.3 Å². The molecular weight excluding hydrogens is 278 g/mol. The van der Waals surface area contributed by atoms with Crippen molar-refractivity contribution < 1.29 is 17.9 Å². The standard InChI is InChI=1S/C14H19NO4S/c1-19-13-5-3-2-4-12(13)9-15-14(16)8-11-6-7-20(17,18)10-11/h2-5,11H,6-10H2,1H3,(H,15,16)/t11-/m1/s1. The van der Waals surface area contributed by atoms with E-state index in [1.54, 1.807) is 7.11 Å². The Labute approximate surface area is 119 Å². The SMILES string of the molecule is COc1ccccc1CNC(=O)C[C@H]1CCS(=O)(=O)C1. The number of benzene rings is 1. The maximum atomic E-state index is 11.8. The number of hydrogen-bond acceptors (Lipinski definition) is 4. The van der Waals surface area contributed by atoms with Gasteiger partial charge in [-0.3, -0.25) is 4.79 Å². The predicted octanol–water partition coefficient (Wildman–Crippen LogP) is 1.14. The molecule has 0 spiro atoms. The molecule has 110 valence electrons. The molecule has 1 atom stereocenters. The number of hydrogen-bond donors (Lipinski definition) is 1. The van der Waals surface area contributed by atoms with Crippen molar-refractivity contribution in [2.45, 2.75) is 19.4 Å². The molecule has 0 radical (unpaired) electrons. The van der Waals surface area contributed by atoms with E-state index >= 15 is 0 Å². The minimum absolute atomic E-state index is 0.0438. The highest BCUT2D eigenvalue weighted by Gasteiger charge is 2.29. The fraction of sp³-hybridized carbons (Fsp3) is 0.500. The molecule has 6 heteroatoms. The van der Waals surface area contributed by atoms with Crippen molar-refractivity contribution in [1.29, 1.82) is 0 Å². The number of carbonyl (C=O) groups is 1. The van der Waals surface area contributed by atoms with Gasteiger partial charge in [-0.25, -0.2) is 8.42 Å². The quantitative estimate of drug-likeness (QED) is 0.884. The van der Waals surface area contributed by atoms with Gasteiger partial charge >= 0.3 is 0 Å². The van der Waals surface area contributed by atoms with E-state index in [1.165, 1.54) is 0 Å². The molecule has 0 aromatic heterocycles. The second kappa shape index (κ2) is 6.26. The van der Waals surface area contributed by atoms with Gasteiger partial charge in [-0.05, 0) is 18.4 Å². The van der Waals surface area contributed by atoms with Crippen LogP contribution in [-0.4, -0.2) is 32.9 Å². The second-order valence-electron chi connectivity index (χ2n) is 5.06. The maximum Gasteiger partial charge on any atom is 0.220 e. The molecule has 5 nitrogen and oxygen atoms in total. The summed E-state index contributed by atoms with van der Waals surface area (Å²) in [5.41, 5.74) is 0.905. The Morgan fingerprint density at radius 3 is 2.80 bits per heavy atom. The van der Waals surface area contributed by atoms with Gasteiger partial charge in [-0.2, -0.15) is 0 Å². The van der Waals surface area contributed by atoms with E-state index in [4.69, 9.17) is 4.74 Å². The number of ether oxygens (including phenoxy) is 1. The van der Waals surface area contributed by atoms with Crippen molar-refractivity contribution in [2.75, 3.05) is 18.6 Å². The van der Waals surface area contributed by atoms with Crippen LogP contribution in [0.1, 0.15) is 18.4 Å². The van der Waals surface area contributed by atoms with Crippen LogP contribution in [-0.2, 0) is 21.2 Å². The Balaban J connectivity index is 1.84. The number of rotatable bonds is 5. The highest BCUT2D eigenvalue weighted by Crippen LogP contribution is 2.22. The highest BCUT2D eigenvalue weighted by atomic mass is 32.2. The fourth-order valence-electron chi connectivity index (χ4n) is 2.41. The topological polar surface area (TPSA) is 72.5 Å². The van der Waals surface area contributed by atoms with E-state index in [0.717, 1.165) is 11.3 Å². The summed E-state index contributed by atoms with van der Waals surface area (Å²) in [7, 11) is -1.33. The molecule has 1 amide bonds. The van der Waals surface area contributed by atoms with Crippen molar-refractivity contribution >= 4 is 15.7 Å². The average molecular weight is 297 g/mol. The molecular formula is C14H19NO4S. The number of amides is 1. The zero-order chi connectivity index (χ0) is 14.6. The van der Waals surface area contributed by atoms with E-state index in [9.17, 15) is 13.2 Å². The molecule has 1 aliphatic heterocycles. The van der Waals surface area contributed by atoms with Crippen molar-refractivity contribution in [3.8, 4) is 5.75 Å². The van der Waals surface area contributed by atoms with Crippen LogP contribution in [0.3, 0.4) is 0 Å². The van der Waals surface area contributed by atoms with Crippen LogP contribution < -0.4 is 10.1 Å². The van der Waals surface area contributed by atoms with Crippen molar-refractivity contribution in [1.82, 2.24) is 5.32 Å². The first-order valence-corrected chi connectivity index (χ1v) is 8.41. The summed E-state index contributed by atoms with van der Waals surface area (Å²) in [6.07, 6.45) is 0.860. The molecule has 1 heterocycles. The van der Waals surface area contributed by atoms with Crippen LogP contribution in [0, 0.1) is 5.92 Å². The van der Waals surface area contributed by atoms with Gasteiger partial charge in [0, 0.05) is 18.5 Å². The Morgan fingerprint density at radius 2 is 2.15 bits per heavy atom. The minimum atomic E-state index is -2.92. The average Bonchev–Trinajstić information content (AvgIpc) is 2.76. The number of nitrogens with one attached hydrogen (secondary N) is 1. The highest BCUT2D eigenvalue weighted by molar-refractivity contribution is 7.91. The lowest BCUT2D eigenvalue weighted by Crippen LogP contribution is -2.25. The third-order valence-corrected chi connectivity index (χ3v) is 5.31.